The second-order valence-corrected chi connectivity index (χ2v) is 5.68. The highest BCUT2D eigenvalue weighted by molar-refractivity contribution is 5.27. The molecular weight excluding hydrogens is 279 g/mol. The van der Waals surface area contributed by atoms with E-state index in [4.69, 9.17) is 4.74 Å². The minimum atomic E-state index is -4.30. The van der Waals surface area contributed by atoms with Gasteiger partial charge in [0, 0.05) is 19.2 Å². The molecule has 1 aromatic rings. The lowest BCUT2D eigenvalue weighted by molar-refractivity contribution is -0.137. The van der Waals surface area contributed by atoms with E-state index in [1.165, 1.54) is 12.1 Å². The summed E-state index contributed by atoms with van der Waals surface area (Å²) in [5.74, 6) is 0. The van der Waals surface area contributed by atoms with Gasteiger partial charge in [-0.2, -0.15) is 13.2 Å². The fraction of sp³-hybridized carbons (Fsp3) is 0.625. The molecular formula is C16H22F3NO. The summed E-state index contributed by atoms with van der Waals surface area (Å²) in [7, 11) is 1.69. The van der Waals surface area contributed by atoms with E-state index < -0.39 is 11.7 Å². The first kappa shape index (κ1) is 16.3. The molecule has 2 nitrogen and oxygen atoms in total. The first-order chi connectivity index (χ1) is 9.91. The topological polar surface area (TPSA) is 21.3 Å². The molecule has 1 aliphatic rings. The SMILES string of the molecule is COC1CCCCC1NC(C)c1cccc(C(F)(F)F)c1. The van der Waals surface area contributed by atoms with E-state index in [1.807, 2.05) is 6.92 Å². The van der Waals surface area contributed by atoms with E-state index in [1.54, 1.807) is 13.2 Å². The van der Waals surface area contributed by atoms with Gasteiger partial charge in [0.15, 0.2) is 0 Å². The number of rotatable bonds is 4. The van der Waals surface area contributed by atoms with Gasteiger partial charge < -0.3 is 10.1 Å². The van der Waals surface area contributed by atoms with Gasteiger partial charge in [-0.3, -0.25) is 0 Å². The lowest BCUT2D eigenvalue weighted by Gasteiger charge is -2.33. The summed E-state index contributed by atoms with van der Waals surface area (Å²) in [5, 5.41) is 3.42. The van der Waals surface area contributed by atoms with Crippen LogP contribution in [0.4, 0.5) is 13.2 Å². The quantitative estimate of drug-likeness (QED) is 0.894. The van der Waals surface area contributed by atoms with Gasteiger partial charge >= 0.3 is 6.18 Å². The third-order valence-corrected chi connectivity index (χ3v) is 4.18. The highest BCUT2D eigenvalue weighted by Gasteiger charge is 2.31. The van der Waals surface area contributed by atoms with Crippen molar-refractivity contribution >= 4 is 0 Å². The molecule has 5 heteroatoms. The van der Waals surface area contributed by atoms with Gasteiger partial charge in [-0.25, -0.2) is 0 Å². The van der Waals surface area contributed by atoms with Crippen LogP contribution >= 0.6 is 0 Å². The number of hydrogen-bond donors (Lipinski definition) is 1. The van der Waals surface area contributed by atoms with Crippen LogP contribution in [0.1, 0.15) is 49.8 Å². The maximum atomic E-state index is 12.8. The van der Waals surface area contributed by atoms with Crippen LogP contribution in [0.15, 0.2) is 24.3 Å². The van der Waals surface area contributed by atoms with Crippen molar-refractivity contribution in [3.8, 4) is 0 Å². The molecule has 3 atom stereocenters. The van der Waals surface area contributed by atoms with Crippen LogP contribution in [0.25, 0.3) is 0 Å². The Morgan fingerprint density at radius 3 is 2.62 bits per heavy atom. The van der Waals surface area contributed by atoms with Crippen molar-refractivity contribution in [2.45, 2.75) is 57.0 Å². The standard InChI is InChI=1S/C16H22F3NO/c1-11(20-14-8-3-4-9-15(14)21-2)12-6-5-7-13(10-12)16(17,18)19/h5-7,10-11,14-15,20H,3-4,8-9H2,1-2H3. The first-order valence-corrected chi connectivity index (χ1v) is 7.38. The number of halogens is 3. The van der Waals surface area contributed by atoms with E-state index in [-0.39, 0.29) is 18.2 Å². The second kappa shape index (κ2) is 6.79. The second-order valence-electron chi connectivity index (χ2n) is 5.68. The zero-order chi connectivity index (χ0) is 15.5. The molecule has 0 aliphatic heterocycles. The predicted molar refractivity (Wildman–Crippen MR) is 76.0 cm³/mol. The molecule has 0 amide bonds. The predicted octanol–water partition coefficient (Wildman–Crippen LogP) is 4.31. The minimum Gasteiger partial charge on any atom is -0.380 e. The van der Waals surface area contributed by atoms with Crippen molar-refractivity contribution in [2.24, 2.45) is 0 Å². The molecule has 21 heavy (non-hydrogen) atoms. The maximum absolute atomic E-state index is 12.8. The molecule has 1 N–H and O–H groups in total. The van der Waals surface area contributed by atoms with Crippen molar-refractivity contribution < 1.29 is 17.9 Å². The van der Waals surface area contributed by atoms with Gasteiger partial charge in [0.05, 0.1) is 11.7 Å². The highest BCUT2D eigenvalue weighted by atomic mass is 19.4. The summed E-state index contributed by atoms with van der Waals surface area (Å²) < 4.78 is 43.8. The van der Waals surface area contributed by atoms with Crippen LogP contribution in [-0.2, 0) is 10.9 Å². The lowest BCUT2D eigenvalue weighted by atomic mass is 9.91. The molecule has 1 saturated carbocycles. The monoisotopic (exact) mass is 301 g/mol. The Hall–Kier alpha value is -1.07. The highest BCUT2D eigenvalue weighted by Crippen LogP contribution is 2.31. The van der Waals surface area contributed by atoms with E-state index >= 15 is 0 Å². The van der Waals surface area contributed by atoms with E-state index in [2.05, 4.69) is 5.32 Å². The number of alkyl halides is 3. The van der Waals surface area contributed by atoms with Gasteiger partial charge in [-0.15, -0.1) is 0 Å². The average Bonchev–Trinajstić information content (AvgIpc) is 2.47. The van der Waals surface area contributed by atoms with Crippen LogP contribution in [0.2, 0.25) is 0 Å². The molecule has 2 rings (SSSR count). The van der Waals surface area contributed by atoms with Crippen LogP contribution in [0, 0.1) is 0 Å². The number of hydrogen-bond acceptors (Lipinski definition) is 2. The lowest BCUT2D eigenvalue weighted by Crippen LogP contribution is -2.44. The van der Waals surface area contributed by atoms with Gasteiger partial charge in [0.2, 0.25) is 0 Å². The third kappa shape index (κ3) is 4.20. The Kier molecular flexibility index (Phi) is 5.27. The number of nitrogens with one attached hydrogen (secondary N) is 1. The molecule has 1 aromatic carbocycles. The Morgan fingerprint density at radius 1 is 1.24 bits per heavy atom. The Morgan fingerprint density at radius 2 is 1.95 bits per heavy atom. The fourth-order valence-corrected chi connectivity index (χ4v) is 2.97. The Balaban J connectivity index is 2.07. The summed E-state index contributed by atoms with van der Waals surface area (Å²) in [6, 6.07) is 5.60. The number of benzene rings is 1. The molecule has 1 aliphatic carbocycles. The Labute approximate surface area is 123 Å². The van der Waals surface area contributed by atoms with Crippen LogP contribution in [-0.4, -0.2) is 19.3 Å². The van der Waals surface area contributed by atoms with Gasteiger partial charge in [-0.1, -0.05) is 25.0 Å². The molecule has 118 valence electrons. The van der Waals surface area contributed by atoms with Crippen LogP contribution < -0.4 is 5.32 Å². The normalized spacial score (nSPS) is 24.8. The zero-order valence-corrected chi connectivity index (χ0v) is 12.4. The Bertz CT molecular complexity index is 461. The molecule has 1 fully saturated rings. The maximum Gasteiger partial charge on any atom is 0.416 e. The summed E-state index contributed by atoms with van der Waals surface area (Å²) in [5.41, 5.74) is 0.0610. The smallest absolute Gasteiger partial charge is 0.380 e. The minimum absolute atomic E-state index is 0.131. The number of methoxy groups -OCH3 is 1. The van der Waals surface area contributed by atoms with E-state index in [9.17, 15) is 13.2 Å². The van der Waals surface area contributed by atoms with Crippen LogP contribution in [0.5, 0.6) is 0 Å². The van der Waals surface area contributed by atoms with Crippen molar-refractivity contribution in [1.29, 1.82) is 0 Å². The van der Waals surface area contributed by atoms with Gasteiger partial charge in [0.25, 0.3) is 0 Å². The zero-order valence-electron chi connectivity index (χ0n) is 12.4. The van der Waals surface area contributed by atoms with Gasteiger partial charge in [-0.05, 0) is 37.5 Å². The largest absolute Gasteiger partial charge is 0.416 e. The summed E-state index contributed by atoms with van der Waals surface area (Å²) >= 11 is 0. The van der Waals surface area contributed by atoms with Crippen molar-refractivity contribution in [2.75, 3.05) is 7.11 Å². The van der Waals surface area contributed by atoms with E-state index in [0.717, 1.165) is 31.7 Å². The molecule has 3 unspecified atom stereocenters. The van der Waals surface area contributed by atoms with Crippen molar-refractivity contribution in [3.05, 3.63) is 35.4 Å². The van der Waals surface area contributed by atoms with Crippen LogP contribution in [0.3, 0.4) is 0 Å². The fourth-order valence-electron chi connectivity index (χ4n) is 2.97. The summed E-state index contributed by atoms with van der Waals surface area (Å²) in [6.07, 6.45) is 0.134. The summed E-state index contributed by atoms with van der Waals surface area (Å²) in [6.45, 7) is 1.90. The molecule has 0 saturated heterocycles. The number of ether oxygens (including phenoxy) is 1. The molecule has 0 bridgehead atoms. The molecule has 0 spiro atoms. The van der Waals surface area contributed by atoms with Crippen molar-refractivity contribution in [1.82, 2.24) is 5.32 Å². The molecule has 0 aromatic heterocycles. The average molecular weight is 301 g/mol. The molecule has 0 heterocycles. The third-order valence-electron chi connectivity index (χ3n) is 4.18. The van der Waals surface area contributed by atoms with E-state index in [0.29, 0.717) is 5.56 Å². The summed E-state index contributed by atoms with van der Waals surface area (Å²) in [4.78, 5) is 0. The first-order valence-electron chi connectivity index (χ1n) is 7.38. The van der Waals surface area contributed by atoms with Gasteiger partial charge in [0.1, 0.15) is 0 Å². The molecule has 0 radical (unpaired) electrons. The van der Waals surface area contributed by atoms with Crippen molar-refractivity contribution in [3.63, 3.8) is 0 Å².